The van der Waals surface area contributed by atoms with Gasteiger partial charge in [0, 0.05) is 29.6 Å². The van der Waals surface area contributed by atoms with E-state index in [1.165, 1.54) is 0 Å². The number of likely N-dealkylation sites (tertiary alicyclic amines) is 1. The first-order valence-electron chi connectivity index (χ1n) is 6.06. The molecular formula is C13H17ClN2OS. The van der Waals surface area contributed by atoms with Crippen LogP contribution < -0.4 is 0 Å². The lowest BCUT2D eigenvalue weighted by Gasteiger charge is -2.31. The fraction of sp³-hybridized carbons (Fsp3) is 0.538. The Hall–Kier alpha value is -0.740. The number of aromatic nitrogens is 1. The molecule has 0 unspecified atom stereocenters. The number of nitrogens with zero attached hydrogens (tertiary/aromatic N) is 2. The van der Waals surface area contributed by atoms with Crippen LogP contribution in [0.2, 0.25) is 5.15 Å². The van der Waals surface area contributed by atoms with E-state index in [2.05, 4.69) is 11.2 Å². The highest BCUT2D eigenvalue weighted by Gasteiger charge is 2.23. The molecule has 1 saturated heterocycles. The fourth-order valence-electron chi connectivity index (χ4n) is 2.23. The van der Waals surface area contributed by atoms with Crippen molar-refractivity contribution in [1.82, 2.24) is 9.88 Å². The molecule has 5 heteroatoms. The number of amides is 1. The van der Waals surface area contributed by atoms with Crippen LogP contribution in [-0.2, 0) is 0 Å². The lowest BCUT2D eigenvalue weighted by molar-refractivity contribution is 0.0727. The number of thioether (sulfide) groups is 1. The van der Waals surface area contributed by atoms with Crippen molar-refractivity contribution in [3.05, 3.63) is 28.5 Å². The summed E-state index contributed by atoms with van der Waals surface area (Å²) >= 11 is 7.78. The van der Waals surface area contributed by atoms with Crippen LogP contribution in [0.3, 0.4) is 0 Å². The van der Waals surface area contributed by atoms with E-state index in [0.717, 1.165) is 31.6 Å². The van der Waals surface area contributed by atoms with Gasteiger partial charge in [-0.3, -0.25) is 4.79 Å². The van der Waals surface area contributed by atoms with Gasteiger partial charge >= 0.3 is 0 Å². The summed E-state index contributed by atoms with van der Waals surface area (Å²) < 4.78 is 0. The van der Waals surface area contributed by atoms with Crippen LogP contribution in [-0.4, -0.2) is 40.4 Å². The number of hydrogen-bond acceptors (Lipinski definition) is 3. The highest BCUT2D eigenvalue weighted by Crippen LogP contribution is 2.22. The van der Waals surface area contributed by atoms with E-state index in [1.54, 1.807) is 12.1 Å². The van der Waals surface area contributed by atoms with E-state index in [9.17, 15) is 4.79 Å². The maximum Gasteiger partial charge on any atom is 0.254 e. The Balaban J connectivity index is 2.07. The van der Waals surface area contributed by atoms with Crippen LogP contribution in [0, 0.1) is 6.92 Å². The van der Waals surface area contributed by atoms with Gasteiger partial charge in [-0.05, 0) is 38.2 Å². The maximum absolute atomic E-state index is 12.3. The molecule has 0 N–H and O–H groups in total. The average molecular weight is 285 g/mol. The van der Waals surface area contributed by atoms with E-state index in [-0.39, 0.29) is 5.91 Å². The number of halogens is 1. The fourth-order valence-corrected chi connectivity index (χ4v) is 3.16. The Bertz CT molecular complexity index is 424. The molecule has 1 fully saturated rings. The molecule has 1 aliphatic rings. The molecule has 1 aromatic heterocycles. The van der Waals surface area contributed by atoms with Crippen LogP contribution in [0.1, 0.15) is 28.9 Å². The molecule has 2 rings (SSSR count). The summed E-state index contributed by atoms with van der Waals surface area (Å²) in [6.45, 7) is 3.52. The summed E-state index contributed by atoms with van der Waals surface area (Å²) in [4.78, 5) is 18.3. The minimum Gasteiger partial charge on any atom is -0.339 e. The molecule has 0 aliphatic carbocycles. The first-order chi connectivity index (χ1) is 8.60. The zero-order valence-corrected chi connectivity index (χ0v) is 12.2. The van der Waals surface area contributed by atoms with Gasteiger partial charge in [0.15, 0.2) is 0 Å². The molecular weight excluding hydrogens is 268 g/mol. The molecule has 0 bridgehead atoms. The lowest BCUT2D eigenvalue weighted by atomic mass is 10.1. The Morgan fingerprint density at radius 1 is 1.44 bits per heavy atom. The number of piperidine rings is 1. The predicted octanol–water partition coefficient (Wildman–Crippen LogP) is 3.01. The van der Waals surface area contributed by atoms with E-state index >= 15 is 0 Å². The third-order valence-corrected chi connectivity index (χ3v) is 4.56. The van der Waals surface area contributed by atoms with Gasteiger partial charge in [-0.15, -0.1) is 0 Å². The van der Waals surface area contributed by atoms with Crippen molar-refractivity contribution in [2.45, 2.75) is 25.0 Å². The van der Waals surface area contributed by atoms with E-state index in [1.807, 2.05) is 23.6 Å². The SMILES string of the molecule is CSC1CCN(C(=O)c2cc(C)nc(Cl)c2)CC1. The lowest BCUT2D eigenvalue weighted by Crippen LogP contribution is -2.39. The first kappa shape index (κ1) is 13.7. The molecule has 98 valence electrons. The van der Waals surface area contributed by atoms with Gasteiger partial charge in [0.25, 0.3) is 5.91 Å². The van der Waals surface area contributed by atoms with Crippen LogP contribution in [0.25, 0.3) is 0 Å². The monoisotopic (exact) mass is 284 g/mol. The number of carbonyl (C=O) groups is 1. The topological polar surface area (TPSA) is 33.2 Å². The summed E-state index contributed by atoms with van der Waals surface area (Å²) in [6, 6.07) is 3.45. The van der Waals surface area contributed by atoms with Crippen molar-refractivity contribution in [2.24, 2.45) is 0 Å². The molecule has 1 amide bonds. The van der Waals surface area contributed by atoms with Crippen molar-refractivity contribution in [3.63, 3.8) is 0 Å². The largest absolute Gasteiger partial charge is 0.339 e. The molecule has 1 aromatic rings. The van der Waals surface area contributed by atoms with Crippen LogP contribution >= 0.6 is 23.4 Å². The average Bonchev–Trinajstić information content (AvgIpc) is 2.37. The Labute approximate surface area is 117 Å². The van der Waals surface area contributed by atoms with Crippen molar-refractivity contribution in [3.8, 4) is 0 Å². The number of hydrogen-bond donors (Lipinski definition) is 0. The van der Waals surface area contributed by atoms with E-state index in [4.69, 9.17) is 11.6 Å². The Kier molecular flexibility index (Phi) is 4.51. The second-order valence-electron chi connectivity index (χ2n) is 4.55. The normalized spacial score (nSPS) is 16.9. The smallest absolute Gasteiger partial charge is 0.254 e. The van der Waals surface area contributed by atoms with Crippen molar-refractivity contribution in [2.75, 3.05) is 19.3 Å². The minimum atomic E-state index is 0.0713. The molecule has 0 saturated carbocycles. The van der Waals surface area contributed by atoms with Crippen molar-refractivity contribution in [1.29, 1.82) is 0 Å². The van der Waals surface area contributed by atoms with Gasteiger partial charge < -0.3 is 4.90 Å². The number of carbonyl (C=O) groups excluding carboxylic acids is 1. The van der Waals surface area contributed by atoms with Crippen LogP contribution in [0.5, 0.6) is 0 Å². The second-order valence-corrected chi connectivity index (χ2v) is 6.07. The zero-order valence-electron chi connectivity index (χ0n) is 10.6. The molecule has 0 aromatic carbocycles. The highest BCUT2D eigenvalue weighted by atomic mass is 35.5. The van der Waals surface area contributed by atoms with Gasteiger partial charge in [0.1, 0.15) is 5.15 Å². The van der Waals surface area contributed by atoms with E-state index in [0.29, 0.717) is 16.0 Å². The summed E-state index contributed by atoms with van der Waals surface area (Å²) in [6.07, 6.45) is 4.28. The van der Waals surface area contributed by atoms with Crippen molar-refractivity contribution < 1.29 is 4.79 Å². The van der Waals surface area contributed by atoms with E-state index < -0.39 is 0 Å². The van der Waals surface area contributed by atoms with Gasteiger partial charge in [-0.1, -0.05) is 11.6 Å². The quantitative estimate of drug-likeness (QED) is 0.783. The molecule has 18 heavy (non-hydrogen) atoms. The molecule has 3 nitrogen and oxygen atoms in total. The third kappa shape index (κ3) is 3.18. The molecule has 1 aliphatic heterocycles. The second kappa shape index (κ2) is 5.93. The summed E-state index contributed by atoms with van der Waals surface area (Å²) in [7, 11) is 0. The molecule has 2 heterocycles. The standard InChI is InChI=1S/C13H17ClN2OS/c1-9-7-10(8-12(14)15-9)13(17)16-5-3-11(18-2)4-6-16/h7-8,11H,3-6H2,1-2H3. The number of pyridine rings is 1. The van der Waals surface area contributed by atoms with Gasteiger partial charge in [-0.2, -0.15) is 11.8 Å². The first-order valence-corrected chi connectivity index (χ1v) is 7.73. The molecule has 0 atom stereocenters. The van der Waals surface area contributed by atoms with Gasteiger partial charge in [-0.25, -0.2) is 4.98 Å². The zero-order chi connectivity index (χ0) is 13.1. The minimum absolute atomic E-state index is 0.0713. The van der Waals surface area contributed by atoms with Crippen LogP contribution in [0.15, 0.2) is 12.1 Å². The predicted molar refractivity (Wildman–Crippen MR) is 76.4 cm³/mol. The Morgan fingerprint density at radius 3 is 2.67 bits per heavy atom. The summed E-state index contributed by atoms with van der Waals surface area (Å²) in [5.41, 5.74) is 1.43. The van der Waals surface area contributed by atoms with Crippen LogP contribution in [0.4, 0.5) is 0 Å². The number of rotatable bonds is 2. The van der Waals surface area contributed by atoms with Crippen molar-refractivity contribution >= 4 is 29.3 Å². The summed E-state index contributed by atoms with van der Waals surface area (Å²) in [5, 5.41) is 1.08. The maximum atomic E-state index is 12.3. The van der Waals surface area contributed by atoms with Gasteiger partial charge in [0.2, 0.25) is 0 Å². The Morgan fingerprint density at radius 2 is 2.11 bits per heavy atom. The van der Waals surface area contributed by atoms with Gasteiger partial charge in [0.05, 0.1) is 0 Å². The molecule has 0 spiro atoms. The third-order valence-electron chi connectivity index (χ3n) is 3.23. The molecule has 0 radical (unpaired) electrons. The highest BCUT2D eigenvalue weighted by molar-refractivity contribution is 7.99. The number of aryl methyl sites for hydroxylation is 1. The summed E-state index contributed by atoms with van der Waals surface area (Å²) in [5.74, 6) is 0.0713.